The summed E-state index contributed by atoms with van der Waals surface area (Å²) >= 11 is 1.46. The lowest BCUT2D eigenvalue weighted by molar-refractivity contribution is 0.329. The predicted octanol–water partition coefficient (Wildman–Crippen LogP) is 3.82. The number of piperidine rings is 1. The zero-order valence-corrected chi connectivity index (χ0v) is 22.8. The molecule has 5 rings (SSSR count). The third-order valence-electron chi connectivity index (χ3n) is 6.89. The van der Waals surface area contributed by atoms with Crippen LogP contribution in [0.5, 0.6) is 0 Å². The summed E-state index contributed by atoms with van der Waals surface area (Å²) in [5.41, 5.74) is 4.18. The second-order valence-electron chi connectivity index (χ2n) is 9.47. The molecule has 0 saturated carbocycles. The molecule has 1 atom stereocenters. The number of rotatable bonds is 7. The second-order valence-corrected chi connectivity index (χ2v) is 14.2. The fourth-order valence-electron chi connectivity index (χ4n) is 4.93. The molecule has 37 heavy (non-hydrogen) atoms. The summed E-state index contributed by atoms with van der Waals surface area (Å²) in [5.74, 6) is 0.0151. The molecule has 0 spiro atoms. The molecular weight excluding hydrogens is 532 g/mol. The number of hydrogen-bond donors (Lipinski definition) is 2. The quantitative estimate of drug-likeness (QED) is 0.450. The molecule has 2 aromatic carbocycles. The third kappa shape index (κ3) is 5.75. The van der Waals surface area contributed by atoms with Gasteiger partial charge in [0.05, 0.1) is 5.75 Å². The van der Waals surface area contributed by atoms with Gasteiger partial charge in [-0.2, -0.15) is 4.83 Å². The number of thiophene rings is 1. The smallest absolute Gasteiger partial charge is 0.232 e. The third-order valence-corrected chi connectivity index (χ3v) is 11.5. The maximum atomic E-state index is 12.9. The molecule has 3 aromatic rings. The fourth-order valence-corrected chi connectivity index (χ4v) is 9.12. The van der Waals surface area contributed by atoms with Gasteiger partial charge in [-0.15, -0.1) is 11.3 Å². The van der Waals surface area contributed by atoms with Crippen molar-refractivity contribution in [3.63, 3.8) is 0 Å². The van der Waals surface area contributed by atoms with Crippen LogP contribution in [0.2, 0.25) is 0 Å². The highest BCUT2D eigenvalue weighted by Gasteiger charge is 2.36. The Morgan fingerprint density at radius 2 is 1.84 bits per heavy atom. The molecule has 2 saturated heterocycles. The van der Waals surface area contributed by atoms with E-state index in [9.17, 15) is 22.0 Å². The van der Waals surface area contributed by atoms with Gasteiger partial charge in [0.15, 0.2) is 0 Å². The molecule has 12 heteroatoms. The van der Waals surface area contributed by atoms with Gasteiger partial charge in [-0.3, -0.25) is 0 Å². The van der Waals surface area contributed by atoms with Crippen molar-refractivity contribution >= 4 is 37.1 Å². The number of nitrogens with zero attached hydrogens (tertiary/aromatic N) is 2. The normalized spacial score (nSPS) is 21.3. The molecular formula is C25H29N4O5S3-. The number of nitrogens with one attached hydrogen (secondary N) is 2. The number of hydroxylamine groups is 1. The average molecular weight is 562 g/mol. The van der Waals surface area contributed by atoms with Crippen molar-refractivity contribution in [1.82, 2.24) is 14.3 Å². The summed E-state index contributed by atoms with van der Waals surface area (Å²) in [4.78, 5) is 2.96. The molecule has 2 N–H and O–H groups in total. The van der Waals surface area contributed by atoms with Gasteiger partial charge in [-0.25, -0.2) is 21.1 Å². The van der Waals surface area contributed by atoms with E-state index in [-0.39, 0.29) is 18.3 Å². The topological polar surface area (TPSA) is 122 Å². The molecule has 0 aliphatic carbocycles. The van der Waals surface area contributed by atoms with Crippen molar-refractivity contribution in [2.45, 2.75) is 36.8 Å². The summed E-state index contributed by atoms with van der Waals surface area (Å²) in [6, 6.07) is 17.3. The van der Waals surface area contributed by atoms with Gasteiger partial charge in [0.1, 0.15) is 5.25 Å². The first-order chi connectivity index (χ1) is 17.6. The van der Waals surface area contributed by atoms with Crippen LogP contribution in [0, 0.1) is 12.1 Å². The van der Waals surface area contributed by atoms with Crippen molar-refractivity contribution in [2.24, 2.45) is 0 Å². The van der Waals surface area contributed by atoms with E-state index in [4.69, 9.17) is 0 Å². The van der Waals surface area contributed by atoms with Gasteiger partial charge < -0.3 is 15.7 Å². The van der Waals surface area contributed by atoms with Crippen LogP contribution in [0.3, 0.4) is 0 Å². The zero-order valence-electron chi connectivity index (χ0n) is 20.3. The van der Waals surface area contributed by atoms with Crippen LogP contribution in [-0.4, -0.2) is 52.0 Å². The standard InChI is InChI=1S/C25H29N4O5S3/c1-18-23(24-15-29(30)27-37(24,33)34)16-35-25(18)20-8-5-9-22(14-20)26-21-10-12-28(13-11-21)36(31,32)17-19-6-3-2-4-7-19/h2-9,14,16,21,24,26-27H,10-13,15,17H2,1H3/q-1. The molecule has 3 heterocycles. The van der Waals surface area contributed by atoms with Gasteiger partial charge in [0, 0.05) is 36.2 Å². The van der Waals surface area contributed by atoms with Crippen molar-refractivity contribution in [3.05, 3.63) is 81.9 Å². The highest BCUT2D eigenvalue weighted by Crippen LogP contribution is 2.39. The van der Waals surface area contributed by atoms with E-state index >= 15 is 0 Å². The van der Waals surface area contributed by atoms with Crippen molar-refractivity contribution in [3.8, 4) is 10.4 Å². The van der Waals surface area contributed by atoms with Crippen LogP contribution in [0.15, 0.2) is 60.0 Å². The summed E-state index contributed by atoms with van der Waals surface area (Å²) in [6.07, 6.45) is 1.41. The van der Waals surface area contributed by atoms with E-state index < -0.39 is 25.3 Å². The maximum absolute atomic E-state index is 12.9. The monoisotopic (exact) mass is 561 g/mol. The lowest BCUT2D eigenvalue weighted by Crippen LogP contribution is -2.42. The SMILES string of the molecule is Cc1c(C2CN([O-])NS2(=O)=O)csc1-c1cccc(NC2CCN(S(=O)(=O)Cc3ccccc3)CC2)c1. The van der Waals surface area contributed by atoms with E-state index in [0.717, 1.165) is 27.3 Å². The fraction of sp³-hybridized carbons (Fsp3) is 0.360. The van der Waals surface area contributed by atoms with Gasteiger partial charge in [0.2, 0.25) is 20.0 Å². The minimum atomic E-state index is -3.73. The molecule has 198 valence electrons. The first-order valence-electron chi connectivity index (χ1n) is 12.0. The minimum absolute atomic E-state index is 0.0151. The number of hydrogen-bond acceptors (Lipinski definition) is 8. The largest absolute Gasteiger partial charge is 0.771 e. The van der Waals surface area contributed by atoms with E-state index in [0.29, 0.717) is 36.7 Å². The average Bonchev–Trinajstić information content (AvgIpc) is 3.36. The molecule has 1 unspecified atom stereocenters. The Morgan fingerprint density at radius 1 is 1.11 bits per heavy atom. The molecule has 0 amide bonds. The second kappa shape index (κ2) is 10.4. The number of anilines is 1. The number of benzene rings is 2. The zero-order chi connectivity index (χ0) is 26.2. The summed E-state index contributed by atoms with van der Waals surface area (Å²) in [6.45, 7) is 2.69. The van der Waals surface area contributed by atoms with Gasteiger partial charge >= 0.3 is 0 Å². The van der Waals surface area contributed by atoms with Crippen LogP contribution in [0.1, 0.15) is 34.8 Å². The highest BCUT2D eigenvalue weighted by atomic mass is 32.2. The lowest BCUT2D eigenvalue weighted by Gasteiger charge is -2.32. The van der Waals surface area contributed by atoms with Crippen molar-refractivity contribution in [2.75, 3.05) is 25.0 Å². The van der Waals surface area contributed by atoms with Crippen molar-refractivity contribution < 1.29 is 16.8 Å². The summed E-state index contributed by atoms with van der Waals surface area (Å²) in [5, 5.41) is 16.4. The summed E-state index contributed by atoms with van der Waals surface area (Å²) in [7, 11) is -7.09. The van der Waals surface area contributed by atoms with Crippen LogP contribution in [0.4, 0.5) is 5.69 Å². The van der Waals surface area contributed by atoms with Gasteiger partial charge in [0.25, 0.3) is 0 Å². The van der Waals surface area contributed by atoms with Crippen LogP contribution < -0.4 is 10.1 Å². The Labute approximate surface area is 221 Å². The molecule has 0 radical (unpaired) electrons. The van der Waals surface area contributed by atoms with E-state index in [1.54, 1.807) is 4.31 Å². The first kappa shape index (κ1) is 26.3. The Kier molecular flexibility index (Phi) is 7.42. The maximum Gasteiger partial charge on any atom is 0.232 e. The Balaban J connectivity index is 1.24. The Bertz CT molecular complexity index is 1470. The van der Waals surface area contributed by atoms with Crippen LogP contribution >= 0.6 is 11.3 Å². The minimum Gasteiger partial charge on any atom is -0.771 e. The molecule has 1 aromatic heterocycles. The Hall–Kier alpha value is -2.32. The Morgan fingerprint density at radius 3 is 2.51 bits per heavy atom. The first-order valence-corrected chi connectivity index (χ1v) is 16.1. The molecule has 2 aliphatic heterocycles. The molecule has 0 bridgehead atoms. The number of hydrazine groups is 1. The molecule has 9 nitrogen and oxygen atoms in total. The molecule has 2 fully saturated rings. The van der Waals surface area contributed by atoms with Gasteiger partial charge in [-0.1, -0.05) is 42.5 Å². The lowest BCUT2D eigenvalue weighted by atomic mass is 10.0. The van der Waals surface area contributed by atoms with Crippen LogP contribution in [-0.2, 0) is 25.8 Å². The van der Waals surface area contributed by atoms with E-state index in [1.807, 2.05) is 71.7 Å². The predicted molar refractivity (Wildman–Crippen MR) is 147 cm³/mol. The summed E-state index contributed by atoms with van der Waals surface area (Å²) < 4.78 is 51.9. The van der Waals surface area contributed by atoms with Crippen LogP contribution in [0.25, 0.3) is 10.4 Å². The van der Waals surface area contributed by atoms with Crippen molar-refractivity contribution in [1.29, 1.82) is 0 Å². The van der Waals surface area contributed by atoms with Gasteiger partial charge in [-0.05, 0) is 59.5 Å². The molecule has 2 aliphatic rings. The highest BCUT2D eigenvalue weighted by molar-refractivity contribution is 7.90. The number of sulfonamides is 2. The van der Waals surface area contributed by atoms with E-state index in [1.165, 1.54) is 11.3 Å². The van der Waals surface area contributed by atoms with E-state index in [2.05, 4.69) is 5.32 Å².